The van der Waals surface area contributed by atoms with Gasteiger partial charge in [0.1, 0.15) is 6.04 Å². The summed E-state index contributed by atoms with van der Waals surface area (Å²) in [6.45, 7) is 0. The molecule has 0 saturated heterocycles. The van der Waals surface area contributed by atoms with E-state index in [1.54, 1.807) is 12.1 Å². The molecule has 0 saturated carbocycles. The van der Waals surface area contributed by atoms with Gasteiger partial charge >= 0.3 is 11.9 Å². The Bertz CT molecular complexity index is 616. The zero-order valence-corrected chi connectivity index (χ0v) is 13.0. The van der Waals surface area contributed by atoms with E-state index in [0.29, 0.717) is 0 Å². The molecule has 0 spiro atoms. The fourth-order valence-corrected chi connectivity index (χ4v) is 2.75. The Kier molecular flexibility index (Phi) is 6.12. The van der Waals surface area contributed by atoms with Gasteiger partial charge in [-0.25, -0.2) is 0 Å². The van der Waals surface area contributed by atoms with Crippen molar-refractivity contribution >= 4 is 43.8 Å². The SMILES string of the molecule is O=C(O)CC[C@H](NS(=O)(=O)Nc1ccc(Br)cc1)C(=O)O. The first-order valence-electron chi connectivity index (χ1n) is 5.70. The Morgan fingerprint density at radius 1 is 1.19 bits per heavy atom. The summed E-state index contributed by atoms with van der Waals surface area (Å²) in [5.74, 6) is -2.65. The monoisotopic (exact) mass is 380 g/mol. The minimum atomic E-state index is -4.13. The Hall–Kier alpha value is -1.65. The Morgan fingerprint density at radius 2 is 1.76 bits per heavy atom. The molecule has 0 fully saturated rings. The molecule has 116 valence electrons. The number of halogens is 1. The van der Waals surface area contributed by atoms with Crippen molar-refractivity contribution < 1.29 is 28.2 Å². The van der Waals surface area contributed by atoms with Gasteiger partial charge in [-0.05, 0) is 30.7 Å². The quantitative estimate of drug-likeness (QED) is 0.531. The topological polar surface area (TPSA) is 133 Å². The van der Waals surface area contributed by atoms with Crippen LogP contribution in [0.25, 0.3) is 0 Å². The molecule has 1 atom stereocenters. The molecular weight excluding hydrogens is 368 g/mol. The second kappa shape index (κ2) is 7.38. The molecule has 1 aromatic carbocycles. The number of aliphatic carboxylic acids is 2. The lowest BCUT2D eigenvalue weighted by molar-refractivity contribution is -0.140. The highest BCUT2D eigenvalue weighted by Gasteiger charge is 2.24. The van der Waals surface area contributed by atoms with Crippen LogP contribution in [0.2, 0.25) is 0 Å². The van der Waals surface area contributed by atoms with Crippen molar-refractivity contribution in [3.05, 3.63) is 28.7 Å². The zero-order valence-electron chi connectivity index (χ0n) is 10.6. The molecule has 0 aliphatic rings. The van der Waals surface area contributed by atoms with Gasteiger partial charge in [0.25, 0.3) is 10.2 Å². The van der Waals surface area contributed by atoms with E-state index in [0.717, 1.165) is 4.47 Å². The molecule has 0 radical (unpaired) electrons. The number of anilines is 1. The molecule has 0 aromatic heterocycles. The van der Waals surface area contributed by atoms with E-state index in [2.05, 4.69) is 20.7 Å². The molecule has 0 aliphatic heterocycles. The van der Waals surface area contributed by atoms with Crippen molar-refractivity contribution in [2.75, 3.05) is 4.72 Å². The molecular formula is C11H13BrN2O6S. The van der Waals surface area contributed by atoms with Gasteiger partial charge in [0, 0.05) is 16.6 Å². The van der Waals surface area contributed by atoms with Crippen molar-refractivity contribution in [2.24, 2.45) is 0 Å². The normalized spacial score (nSPS) is 12.6. The van der Waals surface area contributed by atoms with E-state index in [1.807, 2.05) is 4.72 Å². The van der Waals surface area contributed by atoms with Gasteiger partial charge in [-0.2, -0.15) is 13.1 Å². The van der Waals surface area contributed by atoms with Crippen molar-refractivity contribution in [1.29, 1.82) is 0 Å². The van der Waals surface area contributed by atoms with E-state index >= 15 is 0 Å². The van der Waals surface area contributed by atoms with Crippen LogP contribution in [0.4, 0.5) is 5.69 Å². The molecule has 8 nitrogen and oxygen atoms in total. The molecule has 0 heterocycles. The van der Waals surface area contributed by atoms with Crippen LogP contribution in [-0.4, -0.2) is 36.6 Å². The molecule has 0 unspecified atom stereocenters. The minimum Gasteiger partial charge on any atom is -0.481 e. The highest BCUT2D eigenvalue weighted by molar-refractivity contribution is 9.10. The van der Waals surface area contributed by atoms with Crippen LogP contribution in [0.1, 0.15) is 12.8 Å². The lowest BCUT2D eigenvalue weighted by Gasteiger charge is -2.15. The maximum atomic E-state index is 11.8. The summed E-state index contributed by atoms with van der Waals surface area (Å²) in [6.07, 6.45) is -0.816. The summed E-state index contributed by atoms with van der Waals surface area (Å²) >= 11 is 3.19. The summed E-state index contributed by atoms with van der Waals surface area (Å²) in [5.41, 5.74) is 0.244. The van der Waals surface area contributed by atoms with Crippen molar-refractivity contribution in [3.63, 3.8) is 0 Å². The van der Waals surface area contributed by atoms with Crippen LogP contribution in [0, 0.1) is 0 Å². The van der Waals surface area contributed by atoms with Gasteiger partial charge in [-0.1, -0.05) is 15.9 Å². The van der Waals surface area contributed by atoms with E-state index in [-0.39, 0.29) is 12.1 Å². The van der Waals surface area contributed by atoms with E-state index in [1.165, 1.54) is 12.1 Å². The maximum Gasteiger partial charge on any atom is 0.321 e. The third kappa shape index (κ3) is 6.56. The van der Waals surface area contributed by atoms with Crippen LogP contribution in [0.5, 0.6) is 0 Å². The fraction of sp³-hybridized carbons (Fsp3) is 0.273. The molecule has 4 N–H and O–H groups in total. The maximum absolute atomic E-state index is 11.8. The van der Waals surface area contributed by atoms with Crippen LogP contribution in [0.3, 0.4) is 0 Å². The standard InChI is InChI=1S/C11H13BrN2O6S/c12-7-1-3-8(4-2-7)13-21(19,20)14-9(11(17)18)5-6-10(15)16/h1-4,9,13-14H,5-6H2,(H,15,16)(H,17,18)/t9-/m0/s1. The first-order chi connectivity index (χ1) is 9.69. The number of nitrogens with one attached hydrogen (secondary N) is 2. The smallest absolute Gasteiger partial charge is 0.321 e. The average molecular weight is 381 g/mol. The Labute approximate surface area is 129 Å². The number of carbonyl (C=O) groups is 2. The van der Waals surface area contributed by atoms with Gasteiger partial charge in [-0.3, -0.25) is 14.3 Å². The first kappa shape index (κ1) is 17.4. The Morgan fingerprint density at radius 3 is 2.24 bits per heavy atom. The highest BCUT2D eigenvalue weighted by Crippen LogP contribution is 2.15. The molecule has 21 heavy (non-hydrogen) atoms. The van der Waals surface area contributed by atoms with Crippen molar-refractivity contribution in [1.82, 2.24) is 4.72 Å². The van der Waals surface area contributed by atoms with Gasteiger partial charge in [-0.15, -0.1) is 0 Å². The number of carboxylic acid groups (broad SMARTS) is 2. The molecule has 0 amide bonds. The van der Waals surface area contributed by atoms with Crippen LogP contribution < -0.4 is 9.44 Å². The van der Waals surface area contributed by atoms with Crippen molar-refractivity contribution in [2.45, 2.75) is 18.9 Å². The fourth-order valence-electron chi connectivity index (χ4n) is 1.39. The van der Waals surface area contributed by atoms with Gasteiger partial charge in [0.2, 0.25) is 0 Å². The van der Waals surface area contributed by atoms with Crippen LogP contribution in [-0.2, 0) is 19.8 Å². The first-order valence-corrected chi connectivity index (χ1v) is 7.97. The summed E-state index contributed by atoms with van der Waals surface area (Å²) in [4.78, 5) is 21.4. The predicted octanol–water partition coefficient (Wildman–Crippen LogP) is 1.01. The van der Waals surface area contributed by atoms with E-state index in [9.17, 15) is 18.0 Å². The van der Waals surface area contributed by atoms with Crippen LogP contribution in [0.15, 0.2) is 28.7 Å². The lowest BCUT2D eigenvalue weighted by Crippen LogP contribution is -2.43. The van der Waals surface area contributed by atoms with Gasteiger partial charge < -0.3 is 10.2 Å². The number of rotatable bonds is 8. The summed E-state index contributed by atoms with van der Waals surface area (Å²) in [7, 11) is -4.13. The number of hydrogen-bond acceptors (Lipinski definition) is 4. The summed E-state index contributed by atoms with van der Waals surface area (Å²) in [5, 5.41) is 17.4. The number of hydrogen-bond donors (Lipinski definition) is 4. The molecule has 10 heteroatoms. The largest absolute Gasteiger partial charge is 0.481 e. The molecule has 0 aliphatic carbocycles. The highest BCUT2D eigenvalue weighted by atomic mass is 79.9. The second-order valence-corrected chi connectivity index (χ2v) is 6.42. The number of carboxylic acids is 2. The van der Waals surface area contributed by atoms with E-state index in [4.69, 9.17) is 10.2 Å². The third-order valence-corrected chi connectivity index (χ3v) is 3.97. The van der Waals surface area contributed by atoms with Crippen molar-refractivity contribution in [3.8, 4) is 0 Å². The molecule has 1 aromatic rings. The second-order valence-electron chi connectivity index (χ2n) is 4.05. The molecule has 0 bridgehead atoms. The average Bonchev–Trinajstić information content (AvgIpc) is 2.36. The number of benzene rings is 1. The predicted molar refractivity (Wildman–Crippen MR) is 78.1 cm³/mol. The minimum absolute atomic E-state index is 0.244. The zero-order chi connectivity index (χ0) is 16.0. The van der Waals surface area contributed by atoms with Gasteiger partial charge in [0.05, 0.1) is 0 Å². The lowest BCUT2D eigenvalue weighted by atomic mass is 10.2. The Balaban J connectivity index is 2.74. The summed E-state index contributed by atoms with van der Waals surface area (Å²) < 4.78 is 28.4. The van der Waals surface area contributed by atoms with E-state index < -0.39 is 34.6 Å². The third-order valence-electron chi connectivity index (χ3n) is 2.34. The van der Waals surface area contributed by atoms with Crippen LogP contribution >= 0.6 is 15.9 Å². The summed E-state index contributed by atoms with van der Waals surface area (Å²) in [6, 6.07) is 4.66. The van der Waals surface area contributed by atoms with Gasteiger partial charge in [0.15, 0.2) is 0 Å². The molecule has 1 rings (SSSR count).